The summed E-state index contributed by atoms with van der Waals surface area (Å²) in [5.41, 5.74) is 0.0133. The summed E-state index contributed by atoms with van der Waals surface area (Å²) in [5.74, 6) is 0.236. The first-order valence-electron chi connectivity index (χ1n) is 9.28. The quantitative estimate of drug-likeness (QED) is 0.806. The summed E-state index contributed by atoms with van der Waals surface area (Å²) in [7, 11) is 0. The van der Waals surface area contributed by atoms with Crippen LogP contribution in [0.1, 0.15) is 52.5 Å². The highest BCUT2D eigenvalue weighted by atomic mass is 79.9. The van der Waals surface area contributed by atoms with Crippen molar-refractivity contribution in [1.29, 1.82) is 0 Å². The Kier molecular flexibility index (Phi) is 3.07. The van der Waals surface area contributed by atoms with E-state index in [0.717, 1.165) is 33.7 Å². The number of rotatable bonds is 4. The molecule has 1 atom stereocenters. The van der Waals surface area contributed by atoms with Crippen molar-refractivity contribution in [3.8, 4) is 0 Å². The van der Waals surface area contributed by atoms with Gasteiger partial charge < -0.3 is 10.6 Å². The Morgan fingerprint density at radius 2 is 2.33 bits per heavy atom. The zero-order valence-electron chi connectivity index (χ0n) is 16.0. The Balaban J connectivity index is 1.76. The largest absolute Gasteiger partial charge is 0.355 e. The van der Waals surface area contributed by atoms with Gasteiger partial charge in [0, 0.05) is 22.8 Å². The predicted molar refractivity (Wildman–Crippen MR) is 96.8 cm³/mol. The maximum Gasteiger partial charge on any atom is 0.232 e. The molecule has 2 aromatic rings. The minimum Gasteiger partial charge on any atom is -0.355 e. The average molecular weight is 411 g/mol. The van der Waals surface area contributed by atoms with Crippen molar-refractivity contribution in [2.75, 3.05) is 11.9 Å². The molecule has 8 heteroatoms. The average Bonchev–Trinajstić information content (AvgIpc) is 3.22. The summed E-state index contributed by atoms with van der Waals surface area (Å²) >= 11 is 4.60. The molecule has 0 radical (unpaired) electrons. The molecule has 2 fully saturated rings. The molecule has 1 aliphatic carbocycles. The van der Waals surface area contributed by atoms with Gasteiger partial charge in [-0.05, 0) is 49.0 Å². The molecule has 24 heavy (non-hydrogen) atoms. The van der Waals surface area contributed by atoms with Gasteiger partial charge in [0.2, 0.25) is 11.9 Å². The van der Waals surface area contributed by atoms with Crippen LogP contribution < -0.4 is 10.6 Å². The van der Waals surface area contributed by atoms with E-state index in [-0.39, 0.29) is 12.3 Å². The zero-order valence-corrected chi connectivity index (χ0v) is 15.4. The normalized spacial score (nSPS) is 25.8. The van der Waals surface area contributed by atoms with E-state index in [0.29, 0.717) is 17.5 Å². The Morgan fingerprint density at radius 3 is 2.96 bits per heavy atom. The number of halogens is 1. The van der Waals surface area contributed by atoms with E-state index >= 15 is 0 Å². The van der Waals surface area contributed by atoms with Gasteiger partial charge in [0.1, 0.15) is 10.0 Å². The van der Waals surface area contributed by atoms with Crippen LogP contribution in [0.3, 0.4) is 0 Å². The molecular formula is C16H18BrN5OS. The first-order valence-corrected chi connectivity index (χ1v) is 9.39. The third kappa shape index (κ3) is 2.71. The molecule has 1 amide bonds. The van der Waals surface area contributed by atoms with Crippen molar-refractivity contribution in [1.82, 2.24) is 20.3 Å². The first-order chi connectivity index (χ1) is 12.7. The van der Waals surface area contributed by atoms with E-state index in [2.05, 4.69) is 41.5 Å². The van der Waals surface area contributed by atoms with Crippen molar-refractivity contribution < 1.29 is 8.91 Å². The van der Waals surface area contributed by atoms with Gasteiger partial charge in [-0.3, -0.25) is 4.79 Å². The summed E-state index contributed by atoms with van der Waals surface area (Å²) in [6.07, 6.45) is 3.89. The monoisotopic (exact) mass is 410 g/mol. The second-order valence-corrected chi connectivity index (χ2v) is 8.02. The number of carbonyl (C=O) groups is 1. The van der Waals surface area contributed by atoms with Crippen molar-refractivity contribution in [3.63, 3.8) is 0 Å². The lowest BCUT2D eigenvalue weighted by atomic mass is 9.90. The van der Waals surface area contributed by atoms with Gasteiger partial charge in [-0.2, -0.15) is 0 Å². The molecule has 2 N–H and O–H groups in total. The third-order valence-electron chi connectivity index (χ3n) is 4.30. The number of nitrogens with one attached hydrogen (secondary N) is 2. The van der Waals surface area contributed by atoms with Crippen LogP contribution in [0.5, 0.6) is 0 Å². The Labute approximate surface area is 156 Å². The predicted octanol–water partition coefficient (Wildman–Crippen LogP) is 3.40. The fourth-order valence-corrected chi connectivity index (χ4v) is 4.04. The number of hydrogen-bond donors (Lipinski definition) is 2. The van der Waals surface area contributed by atoms with Crippen molar-refractivity contribution in [2.45, 2.75) is 44.4 Å². The number of amides is 1. The highest BCUT2D eigenvalue weighted by Crippen LogP contribution is 2.48. The Hall–Kier alpha value is -1.54. The highest BCUT2D eigenvalue weighted by Gasteiger charge is 2.43. The molecule has 0 aromatic carbocycles. The molecule has 6 nitrogen and oxygen atoms in total. The van der Waals surface area contributed by atoms with Crippen LogP contribution in [0.2, 0.25) is 0 Å². The number of anilines is 2. The number of hydrogen-bond acceptors (Lipinski definition) is 6. The van der Waals surface area contributed by atoms with E-state index in [4.69, 9.17) is 4.11 Å². The van der Waals surface area contributed by atoms with Gasteiger partial charge in [-0.15, -0.1) is 0 Å². The van der Waals surface area contributed by atoms with Crippen LogP contribution in [0.25, 0.3) is 0 Å². The molecule has 2 aromatic heterocycles. The number of nitrogens with zero attached hydrogens (tertiary/aromatic N) is 3. The summed E-state index contributed by atoms with van der Waals surface area (Å²) < 4.78 is 24.8. The first kappa shape index (κ1) is 12.8. The SMILES string of the molecule is [2H]C([2H])([2H])[C@]1(c2nc(C3CC3)c(Nc3ncc(Br)c(C)n3)s2)CCNC1=O. The van der Waals surface area contributed by atoms with Gasteiger partial charge in [-0.1, -0.05) is 11.3 Å². The third-order valence-corrected chi connectivity index (χ3v) is 6.23. The van der Waals surface area contributed by atoms with E-state index in [1.165, 1.54) is 11.3 Å². The fourth-order valence-electron chi connectivity index (χ4n) is 2.68. The molecule has 0 unspecified atom stereocenters. The van der Waals surface area contributed by atoms with Crippen LogP contribution in [0, 0.1) is 6.92 Å². The van der Waals surface area contributed by atoms with E-state index in [9.17, 15) is 4.79 Å². The van der Waals surface area contributed by atoms with E-state index in [1.807, 2.05) is 6.92 Å². The number of aromatic nitrogens is 3. The second kappa shape index (κ2) is 5.77. The molecule has 3 heterocycles. The summed E-state index contributed by atoms with van der Waals surface area (Å²) in [6.45, 7) is -0.259. The van der Waals surface area contributed by atoms with Crippen molar-refractivity contribution >= 4 is 44.1 Å². The maximum absolute atomic E-state index is 12.5. The molecule has 126 valence electrons. The fraction of sp³-hybridized carbons (Fsp3) is 0.500. The summed E-state index contributed by atoms with van der Waals surface area (Å²) in [5, 5.41) is 6.92. The van der Waals surface area contributed by atoms with Crippen molar-refractivity contribution in [3.05, 3.63) is 27.1 Å². The molecule has 1 saturated carbocycles. The molecule has 1 aliphatic heterocycles. The Morgan fingerprint density at radius 1 is 1.50 bits per heavy atom. The summed E-state index contributed by atoms with van der Waals surface area (Å²) in [6, 6.07) is 0. The van der Waals surface area contributed by atoms with Crippen LogP contribution in [0.4, 0.5) is 10.9 Å². The number of carbonyl (C=O) groups excluding carboxylic acids is 1. The van der Waals surface area contributed by atoms with E-state index in [1.54, 1.807) is 6.20 Å². The minimum absolute atomic E-state index is 0.216. The van der Waals surface area contributed by atoms with Crippen LogP contribution >= 0.6 is 27.3 Å². The topological polar surface area (TPSA) is 79.8 Å². The molecule has 4 rings (SSSR count). The molecular weight excluding hydrogens is 390 g/mol. The zero-order chi connectivity index (χ0) is 19.4. The standard InChI is InChI=1S/C16H18BrN5OS/c1-8-10(17)7-19-15(20-8)22-12-11(9-3-4-9)21-14(24-12)16(2)5-6-18-13(16)23/h7,9H,3-6H2,1-2H3,(H,18,23)(H,19,20,22)/t16-/m0/s1/i2D3. The van der Waals surface area contributed by atoms with Gasteiger partial charge in [0.25, 0.3) is 0 Å². The Bertz CT molecular complexity index is 914. The van der Waals surface area contributed by atoms with Gasteiger partial charge >= 0.3 is 0 Å². The number of thiazole rings is 1. The van der Waals surface area contributed by atoms with Crippen LogP contribution in [-0.2, 0) is 10.2 Å². The van der Waals surface area contributed by atoms with Gasteiger partial charge in [0.15, 0.2) is 0 Å². The van der Waals surface area contributed by atoms with Gasteiger partial charge in [-0.25, -0.2) is 15.0 Å². The smallest absolute Gasteiger partial charge is 0.232 e. The maximum atomic E-state index is 12.5. The molecule has 2 aliphatic rings. The second-order valence-electron chi connectivity index (χ2n) is 6.17. The van der Waals surface area contributed by atoms with E-state index < -0.39 is 18.2 Å². The highest BCUT2D eigenvalue weighted by molar-refractivity contribution is 9.10. The molecule has 0 bridgehead atoms. The minimum atomic E-state index is -2.46. The van der Waals surface area contributed by atoms with Crippen LogP contribution in [0.15, 0.2) is 10.7 Å². The number of aryl methyl sites for hydroxylation is 1. The van der Waals surface area contributed by atoms with Gasteiger partial charge in [0.05, 0.1) is 21.3 Å². The molecule has 0 spiro atoms. The lowest BCUT2D eigenvalue weighted by Gasteiger charge is -2.16. The lowest BCUT2D eigenvalue weighted by Crippen LogP contribution is -2.32. The lowest BCUT2D eigenvalue weighted by molar-refractivity contribution is -0.123. The molecule has 1 saturated heterocycles. The van der Waals surface area contributed by atoms with Crippen molar-refractivity contribution in [2.24, 2.45) is 0 Å². The summed E-state index contributed by atoms with van der Waals surface area (Å²) in [4.78, 5) is 25.8. The van der Waals surface area contributed by atoms with Crippen LogP contribution in [-0.4, -0.2) is 27.4 Å².